The molecule has 1 atom stereocenters. The maximum atomic E-state index is 6.18. The van der Waals surface area contributed by atoms with E-state index in [1.54, 1.807) is 14.2 Å². The van der Waals surface area contributed by atoms with E-state index in [2.05, 4.69) is 17.0 Å². The molecule has 0 aliphatic carbocycles. The molecular weight excluding hydrogens is 392 g/mol. The lowest BCUT2D eigenvalue weighted by Gasteiger charge is -2.32. The summed E-state index contributed by atoms with van der Waals surface area (Å²) in [4.78, 5) is 7.19. The van der Waals surface area contributed by atoms with Crippen LogP contribution < -0.4 is 9.47 Å². The largest absolute Gasteiger partial charge is 0.493 e. The Kier molecular flexibility index (Phi) is 6.89. The summed E-state index contributed by atoms with van der Waals surface area (Å²) in [5.41, 5.74) is 2.95. The Morgan fingerprint density at radius 2 is 1.90 bits per heavy atom. The molecule has 0 saturated carbocycles. The number of nitrogens with zero attached hydrogens (tertiary/aromatic N) is 2. The van der Waals surface area contributed by atoms with Gasteiger partial charge in [-0.05, 0) is 44.0 Å². The van der Waals surface area contributed by atoms with Crippen molar-refractivity contribution in [3.63, 3.8) is 0 Å². The number of para-hydroxylation sites is 1. The zero-order chi connectivity index (χ0) is 21.6. The Morgan fingerprint density at radius 1 is 1.06 bits per heavy atom. The summed E-state index contributed by atoms with van der Waals surface area (Å²) < 4.78 is 23.1. The number of oxazole rings is 1. The molecule has 1 aliphatic heterocycles. The van der Waals surface area contributed by atoms with Crippen molar-refractivity contribution >= 4 is 0 Å². The summed E-state index contributed by atoms with van der Waals surface area (Å²) in [6, 6.07) is 16.0. The number of methoxy groups -OCH3 is 2. The summed E-state index contributed by atoms with van der Waals surface area (Å²) in [5, 5.41) is 0. The zero-order valence-electron chi connectivity index (χ0n) is 18.5. The van der Waals surface area contributed by atoms with Gasteiger partial charge >= 0.3 is 0 Å². The first-order chi connectivity index (χ1) is 15.2. The average Bonchev–Trinajstić information content (AvgIpc) is 3.17. The SMILES string of the molecule is COc1cccc(-c2nc(CN3CCC[C@H](OCc4ccccc4)C3)c(C)o2)c1OC. The summed E-state index contributed by atoms with van der Waals surface area (Å²) >= 11 is 0. The smallest absolute Gasteiger partial charge is 0.230 e. The standard InChI is InChI=1S/C25H30N2O4/c1-18-22(26-25(31-18)21-12-7-13-23(28-2)24(21)29-3)16-27-14-8-11-20(15-27)30-17-19-9-5-4-6-10-19/h4-7,9-10,12-13,20H,8,11,14-17H2,1-3H3/t20-/m0/s1. The maximum Gasteiger partial charge on any atom is 0.230 e. The third-order valence-corrected chi connectivity index (χ3v) is 5.69. The fourth-order valence-electron chi connectivity index (χ4n) is 4.04. The van der Waals surface area contributed by atoms with Gasteiger partial charge in [0.05, 0.1) is 38.2 Å². The van der Waals surface area contributed by atoms with Crippen LogP contribution in [0.15, 0.2) is 52.9 Å². The molecule has 31 heavy (non-hydrogen) atoms. The van der Waals surface area contributed by atoms with Crippen molar-refractivity contribution < 1.29 is 18.6 Å². The van der Waals surface area contributed by atoms with Gasteiger partial charge < -0.3 is 18.6 Å². The Hall–Kier alpha value is -2.83. The molecule has 164 valence electrons. The van der Waals surface area contributed by atoms with Gasteiger partial charge in [0.25, 0.3) is 0 Å². The normalized spacial score (nSPS) is 16.9. The first-order valence-corrected chi connectivity index (χ1v) is 10.7. The quantitative estimate of drug-likeness (QED) is 0.517. The van der Waals surface area contributed by atoms with E-state index in [1.165, 1.54) is 5.56 Å². The van der Waals surface area contributed by atoms with Gasteiger partial charge in [0, 0.05) is 13.1 Å². The van der Waals surface area contributed by atoms with Crippen LogP contribution in [0.25, 0.3) is 11.5 Å². The summed E-state index contributed by atoms with van der Waals surface area (Å²) in [5.74, 6) is 2.67. The highest BCUT2D eigenvalue weighted by Gasteiger charge is 2.24. The summed E-state index contributed by atoms with van der Waals surface area (Å²) in [6.07, 6.45) is 2.44. The average molecular weight is 423 g/mol. The molecule has 0 radical (unpaired) electrons. The lowest BCUT2D eigenvalue weighted by Crippen LogP contribution is -2.39. The third-order valence-electron chi connectivity index (χ3n) is 5.69. The van der Waals surface area contributed by atoms with Crippen LogP contribution in [-0.2, 0) is 17.9 Å². The van der Waals surface area contributed by atoms with Crippen LogP contribution in [0, 0.1) is 6.92 Å². The van der Waals surface area contributed by atoms with Crippen LogP contribution in [0.1, 0.15) is 29.9 Å². The van der Waals surface area contributed by atoms with Crippen molar-refractivity contribution in [2.45, 2.75) is 39.0 Å². The zero-order valence-corrected chi connectivity index (χ0v) is 18.5. The number of ether oxygens (including phenoxy) is 3. The number of hydrogen-bond donors (Lipinski definition) is 0. The number of aryl methyl sites for hydroxylation is 1. The first-order valence-electron chi connectivity index (χ1n) is 10.7. The fraction of sp³-hybridized carbons (Fsp3) is 0.400. The van der Waals surface area contributed by atoms with Gasteiger partial charge in [0.15, 0.2) is 11.5 Å². The van der Waals surface area contributed by atoms with Gasteiger partial charge in [-0.3, -0.25) is 4.90 Å². The van der Waals surface area contributed by atoms with Crippen LogP contribution >= 0.6 is 0 Å². The minimum Gasteiger partial charge on any atom is -0.493 e. The van der Waals surface area contributed by atoms with Crippen LogP contribution in [-0.4, -0.2) is 43.3 Å². The van der Waals surface area contributed by atoms with E-state index in [4.69, 9.17) is 23.6 Å². The molecule has 2 heterocycles. The van der Waals surface area contributed by atoms with E-state index in [-0.39, 0.29) is 6.10 Å². The molecule has 0 unspecified atom stereocenters. The van der Waals surface area contributed by atoms with E-state index in [1.807, 2.05) is 43.3 Å². The van der Waals surface area contributed by atoms with Gasteiger partial charge in [-0.15, -0.1) is 0 Å². The number of likely N-dealkylation sites (tertiary alicyclic amines) is 1. The third kappa shape index (κ3) is 5.09. The van der Waals surface area contributed by atoms with Gasteiger partial charge in [-0.1, -0.05) is 36.4 Å². The second kappa shape index (κ2) is 9.98. The molecule has 0 spiro atoms. The van der Waals surface area contributed by atoms with Crippen LogP contribution in [0.4, 0.5) is 0 Å². The molecule has 2 aromatic carbocycles. The second-order valence-corrected chi connectivity index (χ2v) is 7.86. The summed E-state index contributed by atoms with van der Waals surface area (Å²) in [6.45, 7) is 5.30. The van der Waals surface area contributed by atoms with E-state index >= 15 is 0 Å². The second-order valence-electron chi connectivity index (χ2n) is 7.86. The highest BCUT2D eigenvalue weighted by Crippen LogP contribution is 2.38. The monoisotopic (exact) mass is 422 g/mol. The van der Waals surface area contributed by atoms with Crippen molar-refractivity contribution in [1.29, 1.82) is 0 Å². The Balaban J connectivity index is 1.42. The van der Waals surface area contributed by atoms with Gasteiger partial charge in [0.1, 0.15) is 5.76 Å². The minimum atomic E-state index is 0.235. The van der Waals surface area contributed by atoms with Crippen molar-refractivity contribution in [3.8, 4) is 23.0 Å². The molecule has 1 saturated heterocycles. The Bertz CT molecular complexity index is 986. The number of benzene rings is 2. The number of hydrogen-bond acceptors (Lipinski definition) is 6. The molecule has 1 aliphatic rings. The number of aromatic nitrogens is 1. The maximum absolute atomic E-state index is 6.18. The van der Waals surface area contributed by atoms with E-state index in [0.717, 1.165) is 49.5 Å². The van der Waals surface area contributed by atoms with Gasteiger partial charge in [-0.2, -0.15) is 0 Å². The fourth-order valence-corrected chi connectivity index (χ4v) is 4.04. The molecule has 0 amide bonds. The molecule has 6 heteroatoms. The molecule has 4 rings (SSSR count). The minimum absolute atomic E-state index is 0.235. The molecule has 1 fully saturated rings. The molecular formula is C25H30N2O4. The molecule has 3 aromatic rings. The van der Waals surface area contributed by atoms with Crippen LogP contribution in [0.5, 0.6) is 11.5 Å². The van der Waals surface area contributed by atoms with Crippen molar-refractivity contribution in [2.75, 3.05) is 27.3 Å². The Morgan fingerprint density at radius 3 is 2.68 bits per heavy atom. The first kappa shape index (κ1) is 21.4. The van der Waals surface area contributed by atoms with Gasteiger partial charge in [-0.25, -0.2) is 4.98 Å². The molecule has 6 nitrogen and oxygen atoms in total. The molecule has 0 bridgehead atoms. The lowest BCUT2D eigenvalue weighted by atomic mass is 10.1. The predicted molar refractivity (Wildman–Crippen MR) is 119 cm³/mol. The van der Waals surface area contributed by atoms with Crippen molar-refractivity contribution in [1.82, 2.24) is 9.88 Å². The number of piperidine rings is 1. The summed E-state index contributed by atoms with van der Waals surface area (Å²) in [7, 11) is 3.25. The Labute approximate surface area is 183 Å². The van der Waals surface area contributed by atoms with Gasteiger partial charge in [0.2, 0.25) is 5.89 Å². The highest BCUT2D eigenvalue weighted by atomic mass is 16.5. The van der Waals surface area contributed by atoms with E-state index in [0.29, 0.717) is 24.0 Å². The van der Waals surface area contributed by atoms with Crippen molar-refractivity contribution in [3.05, 3.63) is 65.5 Å². The van der Waals surface area contributed by atoms with E-state index in [9.17, 15) is 0 Å². The van der Waals surface area contributed by atoms with Crippen molar-refractivity contribution in [2.24, 2.45) is 0 Å². The highest BCUT2D eigenvalue weighted by molar-refractivity contribution is 5.68. The van der Waals surface area contributed by atoms with Crippen LogP contribution in [0.2, 0.25) is 0 Å². The lowest BCUT2D eigenvalue weighted by molar-refractivity contribution is -0.0123. The van der Waals surface area contributed by atoms with E-state index < -0.39 is 0 Å². The van der Waals surface area contributed by atoms with Crippen LogP contribution in [0.3, 0.4) is 0 Å². The number of rotatable bonds is 8. The predicted octanol–water partition coefficient (Wildman–Crippen LogP) is 4.85. The molecule has 0 N–H and O–H groups in total. The molecule has 1 aromatic heterocycles. The topological polar surface area (TPSA) is 57.0 Å².